The number of rotatable bonds is 7. The predicted octanol–water partition coefficient (Wildman–Crippen LogP) is 4.27. The molecule has 2 aromatic carbocycles. The van der Waals surface area contributed by atoms with Crippen LogP contribution in [0.2, 0.25) is 0 Å². The maximum Gasteiger partial charge on any atom is 0.179 e. The van der Waals surface area contributed by atoms with Gasteiger partial charge in [0.2, 0.25) is 0 Å². The Bertz CT molecular complexity index is 1150. The van der Waals surface area contributed by atoms with Crippen molar-refractivity contribution in [3.8, 4) is 6.19 Å². The van der Waals surface area contributed by atoms with Crippen molar-refractivity contribution in [3.05, 3.63) is 89.0 Å². The highest BCUT2D eigenvalue weighted by molar-refractivity contribution is 5.32. The summed E-state index contributed by atoms with van der Waals surface area (Å²) in [7, 11) is 0. The summed E-state index contributed by atoms with van der Waals surface area (Å²) in [5, 5.41) is 13.0. The zero-order chi connectivity index (χ0) is 24.0. The predicted molar refractivity (Wildman–Crippen MR) is 138 cm³/mol. The van der Waals surface area contributed by atoms with Crippen LogP contribution in [0.1, 0.15) is 46.8 Å². The summed E-state index contributed by atoms with van der Waals surface area (Å²) >= 11 is 0. The first-order valence-electron chi connectivity index (χ1n) is 12.9. The van der Waals surface area contributed by atoms with Gasteiger partial charge >= 0.3 is 0 Å². The van der Waals surface area contributed by atoms with E-state index in [1.54, 1.807) is 0 Å². The average Bonchev–Trinajstić information content (AvgIpc) is 3.25. The number of hydrogen-bond donors (Lipinski definition) is 1. The number of likely N-dealkylation sites (tertiary alicyclic amines) is 1. The third kappa shape index (κ3) is 5.75. The molecule has 0 amide bonds. The molecule has 0 aliphatic carbocycles. The maximum atomic E-state index is 9.13. The van der Waals surface area contributed by atoms with E-state index in [0.29, 0.717) is 5.92 Å². The number of hydrogen-bond acceptors (Lipinski definition) is 5. The van der Waals surface area contributed by atoms with Crippen LogP contribution < -0.4 is 5.32 Å². The van der Waals surface area contributed by atoms with E-state index in [0.717, 1.165) is 65.1 Å². The molecule has 6 heteroatoms. The molecule has 0 bridgehead atoms. The van der Waals surface area contributed by atoms with Crippen LogP contribution in [0, 0.1) is 24.3 Å². The molecule has 1 unspecified atom stereocenters. The van der Waals surface area contributed by atoms with Crippen LogP contribution in [0.4, 0.5) is 0 Å². The molecule has 1 atom stereocenters. The molecule has 182 valence electrons. The highest BCUT2D eigenvalue weighted by Gasteiger charge is 2.24. The van der Waals surface area contributed by atoms with Gasteiger partial charge in [0.1, 0.15) is 0 Å². The van der Waals surface area contributed by atoms with Crippen LogP contribution in [-0.2, 0) is 26.1 Å². The molecule has 3 aromatic rings. The quantitative estimate of drug-likeness (QED) is 0.525. The van der Waals surface area contributed by atoms with Gasteiger partial charge in [-0.05, 0) is 54.4 Å². The summed E-state index contributed by atoms with van der Waals surface area (Å²) in [6.45, 7) is 8.79. The number of piperidine rings is 1. The number of imidazole rings is 1. The summed E-state index contributed by atoms with van der Waals surface area (Å²) in [5.74, 6) is 0.607. The zero-order valence-corrected chi connectivity index (χ0v) is 20.7. The van der Waals surface area contributed by atoms with Crippen molar-refractivity contribution in [1.29, 1.82) is 5.26 Å². The topological polar surface area (TPSA) is 60.1 Å². The van der Waals surface area contributed by atoms with Crippen LogP contribution in [0.15, 0.2) is 61.1 Å². The van der Waals surface area contributed by atoms with E-state index in [-0.39, 0.29) is 6.04 Å². The Morgan fingerprint density at radius 3 is 2.69 bits per heavy atom. The molecule has 0 spiro atoms. The van der Waals surface area contributed by atoms with Crippen molar-refractivity contribution in [2.75, 3.05) is 26.2 Å². The Labute approximate surface area is 209 Å². The van der Waals surface area contributed by atoms with E-state index < -0.39 is 0 Å². The molecule has 3 heterocycles. The fraction of sp³-hybridized carbons (Fsp3) is 0.448. The molecule has 0 saturated carbocycles. The van der Waals surface area contributed by atoms with Crippen molar-refractivity contribution in [3.63, 3.8) is 0 Å². The summed E-state index contributed by atoms with van der Waals surface area (Å²) in [5.41, 5.74) is 6.89. The molecule has 1 fully saturated rings. The van der Waals surface area contributed by atoms with Crippen molar-refractivity contribution >= 4 is 0 Å². The highest BCUT2D eigenvalue weighted by Crippen LogP contribution is 2.26. The lowest BCUT2D eigenvalue weighted by Gasteiger charge is -2.29. The van der Waals surface area contributed by atoms with Gasteiger partial charge in [0.25, 0.3) is 0 Å². The Kier molecular flexibility index (Phi) is 7.46. The van der Waals surface area contributed by atoms with E-state index in [1.165, 1.54) is 27.9 Å². The second-order valence-corrected chi connectivity index (χ2v) is 10.1. The number of benzene rings is 2. The van der Waals surface area contributed by atoms with E-state index in [2.05, 4.69) is 81.4 Å². The van der Waals surface area contributed by atoms with Gasteiger partial charge in [-0.2, -0.15) is 5.26 Å². The van der Waals surface area contributed by atoms with Crippen molar-refractivity contribution < 1.29 is 0 Å². The lowest BCUT2D eigenvalue weighted by Crippen LogP contribution is -2.34. The molecule has 2 aliphatic heterocycles. The molecular weight excluding hydrogens is 432 g/mol. The van der Waals surface area contributed by atoms with Gasteiger partial charge in [-0.25, -0.2) is 4.98 Å². The fourth-order valence-electron chi connectivity index (χ4n) is 5.56. The van der Waals surface area contributed by atoms with E-state index >= 15 is 0 Å². The molecule has 6 nitrogen and oxygen atoms in total. The average molecular weight is 469 g/mol. The number of fused-ring (bicyclic) bond motifs is 1. The number of aromatic nitrogens is 2. The maximum absolute atomic E-state index is 9.13. The molecule has 1 saturated heterocycles. The van der Waals surface area contributed by atoms with Crippen LogP contribution in [0.5, 0.6) is 0 Å². The van der Waals surface area contributed by atoms with Crippen molar-refractivity contribution in [1.82, 2.24) is 24.7 Å². The number of aryl methyl sites for hydroxylation is 1. The first kappa shape index (κ1) is 23.6. The second kappa shape index (κ2) is 11.1. The Morgan fingerprint density at radius 2 is 1.86 bits per heavy atom. The highest BCUT2D eigenvalue weighted by atomic mass is 15.2. The fourth-order valence-corrected chi connectivity index (χ4v) is 5.56. The summed E-state index contributed by atoms with van der Waals surface area (Å²) < 4.78 is 2.31. The smallest absolute Gasteiger partial charge is 0.179 e. The van der Waals surface area contributed by atoms with Crippen LogP contribution in [0.3, 0.4) is 0 Å². The van der Waals surface area contributed by atoms with Gasteiger partial charge in [0, 0.05) is 58.1 Å². The van der Waals surface area contributed by atoms with Gasteiger partial charge in [-0.1, -0.05) is 48.5 Å². The Balaban J connectivity index is 1.27. The lowest BCUT2D eigenvalue weighted by atomic mass is 9.97. The minimum absolute atomic E-state index is 0.278. The Hall–Kier alpha value is -3.14. The van der Waals surface area contributed by atoms with Gasteiger partial charge < -0.3 is 14.8 Å². The van der Waals surface area contributed by atoms with E-state index in [4.69, 9.17) is 5.26 Å². The third-order valence-corrected chi connectivity index (χ3v) is 7.76. The summed E-state index contributed by atoms with van der Waals surface area (Å²) in [6.07, 6.45) is 9.49. The van der Waals surface area contributed by atoms with Crippen LogP contribution in [0.25, 0.3) is 0 Å². The zero-order valence-electron chi connectivity index (χ0n) is 20.7. The first-order valence-corrected chi connectivity index (χ1v) is 12.9. The summed E-state index contributed by atoms with van der Waals surface area (Å²) in [6, 6.07) is 17.9. The number of nitrogens with one attached hydrogen (secondary N) is 1. The monoisotopic (exact) mass is 468 g/mol. The molecule has 35 heavy (non-hydrogen) atoms. The Morgan fingerprint density at radius 1 is 1.06 bits per heavy atom. The standard InChI is InChI=1S/C29H36N6/c1-23-6-2-3-8-26(23)19-34-15-12-25-7-4-5-9-28(25)29(20-34)32-17-27-16-31-22-35(27)18-24-10-13-33(21-30)14-11-24/h2-9,16,22,24,29,32H,10-15,17-20H2,1H3. The van der Waals surface area contributed by atoms with E-state index in [1.807, 2.05) is 17.4 Å². The normalized spacial score (nSPS) is 19.2. The second-order valence-electron chi connectivity index (χ2n) is 10.1. The van der Waals surface area contributed by atoms with Crippen molar-refractivity contribution in [2.24, 2.45) is 5.92 Å². The van der Waals surface area contributed by atoms with Gasteiger partial charge in [0.15, 0.2) is 6.19 Å². The molecule has 2 aliphatic rings. The molecule has 1 aromatic heterocycles. The number of nitriles is 1. The molecule has 0 radical (unpaired) electrons. The largest absolute Gasteiger partial charge is 0.333 e. The molecular formula is C29H36N6. The molecule has 5 rings (SSSR count). The van der Waals surface area contributed by atoms with Gasteiger partial charge in [0.05, 0.1) is 12.0 Å². The first-order chi connectivity index (χ1) is 17.2. The molecule has 1 N–H and O–H groups in total. The van der Waals surface area contributed by atoms with Crippen molar-refractivity contribution in [2.45, 2.75) is 51.9 Å². The van der Waals surface area contributed by atoms with Crippen LogP contribution in [-0.4, -0.2) is 45.5 Å². The SMILES string of the molecule is Cc1ccccc1CN1CCc2ccccc2C(NCc2cncn2CC2CCN(C#N)CC2)C1. The van der Waals surface area contributed by atoms with Gasteiger partial charge in [-0.15, -0.1) is 0 Å². The van der Waals surface area contributed by atoms with Gasteiger partial charge in [-0.3, -0.25) is 4.90 Å². The minimum atomic E-state index is 0.278. The lowest BCUT2D eigenvalue weighted by molar-refractivity contribution is 0.230. The number of nitrogens with zero attached hydrogens (tertiary/aromatic N) is 5. The van der Waals surface area contributed by atoms with E-state index in [9.17, 15) is 0 Å². The minimum Gasteiger partial charge on any atom is -0.333 e. The third-order valence-electron chi connectivity index (χ3n) is 7.76. The summed E-state index contributed by atoms with van der Waals surface area (Å²) in [4.78, 5) is 8.95. The van der Waals surface area contributed by atoms with Crippen LogP contribution >= 0.6 is 0 Å².